The highest BCUT2D eigenvalue weighted by Crippen LogP contribution is 2.18. The number of ether oxygens (including phenoxy) is 2. The number of rotatable bonds is 6. The zero-order valence-electron chi connectivity index (χ0n) is 11.3. The third-order valence-electron chi connectivity index (χ3n) is 2.78. The molecular weight excluding hydrogens is 238 g/mol. The van der Waals surface area contributed by atoms with Crippen LogP contribution in [-0.4, -0.2) is 13.7 Å². The van der Waals surface area contributed by atoms with Gasteiger partial charge in [0.1, 0.15) is 11.5 Å². The first-order valence-electron chi connectivity index (χ1n) is 6.41. The molecule has 1 N–H and O–H groups in total. The van der Waals surface area contributed by atoms with Crippen LogP contribution in [0.4, 0.5) is 5.69 Å². The highest BCUT2D eigenvalue weighted by atomic mass is 16.5. The lowest BCUT2D eigenvalue weighted by Crippen LogP contribution is -2.00. The average Bonchev–Trinajstić information content (AvgIpc) is 2.46. The number of anilines is 1. The third kappa shape index (κ3) is 3.91. The van der Waals surface area contributed by atoms with Gasteiger partial charge in [0.15, 0.2) is 0 Å². The zero-order valence-corrected chi connectivity index (χ0v) is 11.3. The molecule has 0 saturated heterocycles. The molecule has 2 aromatic rings. The molecule has 3 nitrogen and oxygen atoms in total. The summed E-state index contributed by atoms with van der Waals surface area (Å²) in [6, 6.07) is 16.0. The van der Waals surface area contributed by atoms with Gasteiger partial charge < -0.3 is 14.8 Å². The second-order valence-corrected chi connectivity index (χ2v) is 4.17. The molecule has 0 aliphatic rings. The van der Waals surface area contributed by atoms with E-state index in [1.165, 1.54) is 5.56 Å². The zero-order chi connectivity index (χ0) is 13.5. The molecule has 2 aromatic carbocycles. The van der Waals surface area contributed by atoms with E-state index in [1.807, 2.05) is 43.3 Å². The second kappa shape index (κ2) is 6.69. The fourth-order valence-electron chi connectivity index (χ4n) is 1.85. The summed E-state index contributed by atoms with van der Waals surface area (Å²) in [5.74, 6) is 1.76. The van der Waals surface area contributed by atoms with E-state index in [2.05, 4.69) is 17.4 Å². The Labute approximate surface area is 114 Å². The Kier molecular flexibility index (Phi) is 4.67. The summed E-state index contributed by atoms with van der Waals surface area (Å²) in [6.07, 6.45) is 0. The van der Waals surface area contributed by atoms with Gasteiger partial charge in [-0.1, -0.05) is 18.2 Å². The maximum absolute atomic E-state index is 5.49. The van der Waals surface area contributed by atoms with Crippen LogP contribution in [-0.2, 0) is 6.54 Å². The van der Waals surface area contributed by atoms with E-state index < -0.39 is 0 Å². The van der Waals surface area contributed by atoms with E-state index >= 15 is 0 Å². The van der Waals surface area contributed by atoms with Crippen molar-refractivity contribution >= 4 is 5.69 Å². The molecule has 0 heterocycles. The predicted molar refractivity (Wildman–Crippen MR) is 77.9 cm³/mol. The first-order chi connectivity index (χ1) is 9.31. The van der Waals surface area contributed by atoms with Gasteiger partial charge in [-0.2, -0.15) is 0 Å². The Bertz CT molecular complexity index is 526. The Balaban J connectivity index is 1.99. The van der Waals surface area contributed by atoms with E-state index in [1.54, 1.807) is 7.11 Å². The van der Waals surface area contributed by atoms with Crippen molar-refractivity contribution in [2.24, 2.45) is 0 Å². The summed E-state index contributed by atoms with van der Waals surface area (Å²) in [5.41, 5.74) is 2.23. The van der Waals surface area contributed by atoms with Crippen LogP contribution in [0.1, 0.15) is 12.5 Å². The van der Waals surface area contributed by atoms with Crippen molar-refractivity contribution in [2.75, 3.05) is 19.0 Å². The molecule has 19 heavy (non-hydrogen) atoms. The number of nitrogens with one attached hydrogen (secondary N) is 1. The van der Waals surface area contributed by atoms with Gasteiger partial charge in [0.25, 0.3) is 0 Å². The molecule has 0 amide bonds. The Hall–Kier alpha value is -2.16. The third-order valence-corrected chi connectivity index (χ3v) is 2.78. The highest BCUT2D eigenvalue weighted by molar-refractivity contribution is 5.48. The largest absolute Gasteiger partial charge is 0.497 e. The minimum Gasteiger partial charge on any atom is -0.497 e. The lowest BCUT2D eigenvalue weighted by molar-refractivity contribution is 0.340. The number of hydrogen-bond donors (Lipinski definition) is 1. The van der Waals surface area contributed by atoms with Gasteiger partial charge in [0, 0.05) is 18.3 Å². The Morgan fingerprint density at radius 2 is 1.79 bits per heavy atom. The standard InChI is InChI=1S/C16H19NO2/c1-3-19-16-9-4-6-13(10-16)12-17-14-7-5-8-15(11-14)18-2/h4-11,17H,3,12H2,1-2H3. The second-order valence-electron chi connectivity index (χ2n) is 4.17. The van der Waals surface area contributed by atoms with Gasteiger partial charge in [0.05, 0.1) is 13.7 Å². The van der Waals surface area contributed by atoms with Gasteiger partial charge >= 0.3 is 0 Å². The topological polar surface area (TPSA) is 30.5 Å². The summed E-state index contributed by atoms with van der Waals surface area (Å²) in [6.45, 7) is 3.43. The lowest BCUT2D eigenvalue weighted by Gasteiger charge is -2.09. The van der Waals surface area contributed by atoms with Crippen molar-refractivity contribution in [1.82, 2.24) is 0 Å². The molecule has 0 bridgehead atoms. The summed E-state index contributed by atoms with van der Waals surface area (Å²) in [7, 11) is 1.67. The minimum absolute atomic E-state index is 0.687. The van der Waals surface area contributed by atoms with E-state index in [0.29, 0.717) is 6.61 Å². The maximum Gasteiger partial charge on any atom is 0.120 e. The molecule has 0 aliphatic carbocycles. The van der Waals surface area contributed by atoms with E-state index in [-0.39, 0.29) is 0 Å². The number of benzene rings is 2. The van der Waals surface area contributed by atoms with E-state index in [0.717, 1.165) is 23.7 Å². The van der Waals surface area contributed by atoms with Crippen molar-refractivity contribution in [3.05, 3.63) is 54.1 Å². The molecule has 0 spiro atoms. The van der Waals surface area contributed by atoms with Gasteiger partial charge in [-0.25, -0.2) is 0 Å². The quantitative estimate of drug-likeness (QED) is 0.855. The molecule has 0 unspecified atom stereocenters. The average molecular weight is 257 g/mol. The van der Waals surface area contributed by atoms with Crippen LogP contribution < -0.4 is 14.8 Å². The Morgan fingerprint density at radius 3 is 2.58 bits per heavy atom. The molecule has 0 saturated carbocycles. The molecule has 3 heteroatoms. The molecule has 2 rings (SSSR count). The van der Waals surface area contributed by atoms with Crippen LogP contribution in [0.5, 0.6) is 11.5 Å². The number of methoxy groups -OCH3 is 1. The smallest absolute Gasteiger partial charge is 0.120 e. The van der Waals surface area contributed by atoms with E-state index in [4.69, 9.17) is 9.47 Å². The molecule has 0 aromatic heterocycles. The number of hydrogen-bond acceptors (Lipinski definition) is 3. The van der Waals surface area contributed by atoms with Crippen LogP contribution in [0.25, 0.3) is 0 Å². The van der Waals surface area contributed by atoms with Crippen molar-refractivity contribution in [2.45, 2.75) is 13.5 Å². The van der Waals surface area contributed by atoms with Gasteiger partial charge in [-0.05, 0) is 36.8 Å². The lowest BCUT2D eigenvalue weighted by atomic mass is 10.2. The molecule has 100 valence electrons. The summed E-state index contributed by atoms with van der Waals surface area (Å²) in [4.78, 5) is 0. The summed E-state index contributed by atoms with van der Waals surface area (Å²) < 4.78 is 10.7. The summed E-state index contributed by atoms with van der Waals surface area (Å²) in [5, 5.41) is 3.37. The maximum atomic E-state index is 5.49. The molecule has 0 radical (unpaired) electrons. The van der Waals surface area contributed by atoms with Crippen molar-refractivity contribution < 1.29 is 9.47 Å². The Morgan fingerprint density at radius 1 is 1.00 bits per heavy atom. The first kappa shape index (κ1) is 13.3. The molecule has 0 aliphatic heterocycles. The molecule has 0 fully saturated rings. The molecule has 0 atom stereocenters. The van der Waals surface area contributed by atoms with Crippen molar-refractivity contribution in [3.8, 4) is 11.5 Å². The molecular formula is C16H19NO2. The monoisotopic (exact) mass is 257 g/mol. The summed E-state index contributed by atoms with van der Waals surface area (Å²) >= 11 is 0. The van der Waals surface area contributed by atoms with Gasteiger partial charge in [-0.15, -0.1) is 0 Å². The van der Waals surface area contributed by atoms with Crippen molar-refractivity contribution in [1.29, 1.82) is 0 Å². The predicted octanol–water partition coefficient (Wildman–Crippen LogP) is 3.71. The highest BCUT2D eigenvalue weighted by Gasteiger charge is 1.98. The van der Waals surface area contributed by atoms with E-state index in [9.17, 15) is 0 Å². The fraction of sp³-hybridized carbons (Fsp3) is 0.250. The van der Waals surface area contributed by atoms with Gasteiger partial charge in [-0.3, -0.25) is 0 Å². The normalized spacial score (nSPS) is 10.0. The van der Waals surface area contributed by atoms with Crippen LogP contribution in [0, 0.1) is 0 Å². The van der Waals surface area contributed by atoms with Crippen molar-refractivity contribution in [3.63, 3.8) is 0 Å². The van der Waals surface area contributed by atoms with Gasteiger partial charge in [0.2, 0.25) is 0 Å². The first-order valence-corrected chi connectivity index (χ1v) is 6.41. The van der Waals surface area contributed by atoms with Crippen LogP contribution in [0.15, 0.2) is 48.5 Å². The van der Waals surface area contributed by atoms with Crippen LogP contribution in [0.3, 0.4) is 0 Å². The van der Waals surface area contributed by atoms with Crippen LogP contribution >= 0.6 is 0 Å². The fourth-order valence-corrected chi connectivity index (χ4v) is 1.85. The van der Waals surface area contributed by atoms with Crippen LogP contribution in [0.2, 0.25) is 0 Å². The minimum atomic E-state index is 0.687. The SMILES string of the molecule is CCOc1cccc(CNc2cccc(OC)c2)c1.